The predicted molar refractivity (Wildman–Crippen MR) is 88.2 cm³/mol. The number of benzene rings is 1. The Kier molecular flexibility index (Phi) is 2.88. The van der Waals surface area contributed by atoms with Crippen molar-refractivity contribution in [3.63, 3.8) is 0 Å². The maximum absolute atomic E-state index is 11.0. The molecule has 0 fully saturated rings. The number of hydrogen-bond acceptors (Lipinski definition) is 6. The minimum Gasteiger partial charge on any atom is -0.258 e. The SMILES string of the molecule is Cc1sc2ncnc(-n3ncc4ccc([N+](=O)[O-])cc43)c2c1C. The van der Waals surface area contributed by atoms with Crippen molar-refractivity contribution in [1.82, 2.24) is 19.7 Å². The van der Waals surface area contributed by atoms with Crippen LogP contribution >= 0.6 is 11.3 Å². The highest BCUT2D eigenvalue weighted by Gasteiger charge is 2.17. The van der Waals surface area contributed by atoms with E-state index in [-0.39, 0.29) is 5.69 Å². The molecule has 8 heteroatoms. The summed E-state index contributed by atoms with van der Waals surface area (Å²) in [6.45, 7) is 4.06. The molecule has 0 aliphatic rings. The number of nitro groups is 1. The molecule has 0 aliphatic heterocycles. The van der Waals surface area contributed by atoms with Gasteiger partial charge in [0.15, 0.2) is 5.82 Å². The molecular weight excluding hydrogens is 314 g/mol. The maximum atomic E-state index is 11.0. The summed E-state index contributed by atoms with van der Waals surface area (Å²) in [4.78, 5) is 21.4. The lowest BCUT2D eigenvalue weighted by Gasteiger charge is -2.05. The van der Waals surface area contributed by atoms with Crippen LogP contribution in [0.3, 0.4) is 0 Å². The molecule has 0 amide bonds. The monoisotopic (exact) mass is 325 g/mol. The van der Waals surface area contributed by atoms with Gasteiger partial charge < -0.3 is 0 Å². The summed E-state index contributed by atoms with van der Waals surface area (Å²) in [5.41, 5.74) is 1.79. The zero-order valence-electron chi connectivity index (χ0n) is 12.3. The number of thiophene rings is 1. The quantitative estimate of drug-likeness (QED) is 0.415. The van der Waals surface area contributed by atoms with Crippen LogP contribution in [0.4, 0.5) is 5.69 Å². The smallest absolute Gasteiger partial charge is 0.258 e. The fourth-order valence-corrected chi connectivity index (χ4v) is 3.61. The number of non-ortho nitro benzene ring substituents is 1. The number of nitrogens with zero attached hydrogens (tertiary/aromatic N) is 5. The van der Waals surface area contributed by atoms with Gasteiger partial charge in [-0.1, -0.05) is 0 Å². The summed E-state index contributed by atoms with van der Waals surface area (Å²) < 4.78 is 1.64. The normalized spacial score (nSPS) is 11.4. The molecular formula is C15H11N5O2S. The molecule has 0 saturated carbocycles. The molecule has 0 atom stereocenters. The van der Waals surface area contributed by atoms with E-state index < -0.39 is 4.92 Å². The van der Waals surface area contributed by atoms with Gasteiger partial charge in [-0.3, -0.25) is 10.1 Å². The van der Waals surface area contributed by atoms with E-state index in [9.17, 15) is 10.1 Å². The predicted octanol–water partition coefficient (Wildman–Crippen LogP) is 3.56. The summed E-state index contributed by atoms with van der Waals surface area (Å²) in [5.74, 6) is 0.646. The average Bonchev–Trinajstić information content (AvgIpc) is 3.08. The van der Waals surface area contributed by atoms with Gasteiger partial charge in [-0.05, 0) is 25.5 Å². The van der Waals surface area contributed by atoms with Crippen LogP contribution in [0.25, 0.3) is 26.9 Å². The minimum absolute atomic E-state index is 0.0303. The molecule has 3 heterocycles. The van der Waals surface area contributed by atoms with Crippen LogP contribution in [-0.4, -0.2) is 24.7 Å². The van der Waals surface area contributed by atoms with Crippen molar-refractivity contribution >= 4 is 38.1 Å². The first kappa shape index (κ1) is 13.8. The Morgan fingerprint density at radius 1 is 1.26 bits per heavy atom. The van der Waals surface area contributed by atoms with E-state index in [1.165, 1.54) is 23.3 Å². The molecule has 0 N–H and O–H groups in total. The minimum atomic E-state index is -0.410. The first-order chi connectivity index (χ1) is 11.1. The van der Waals surface area contributed by atoms with Crippen molar-refractivity contribution < 1.29 is 4.92 Å². The van der Waals surface area contributed by atoms with Crippen molar-refractivity contribution in [1.29, 1.82) is 0 Å². The number of fused-ring (bicyclic) bond motifs is 2. The van der Waals surface area contributed by atoms with Crippen LogP contribution < -0.4 is 0 Å². The molecule has 0 bridgehead atoms. The van der Waals surface area contributed by atoms with Gasteiger partial charge in [0.05, 0.1) is 22.0 Å². The maximum Gasteiger partial charge on any atom is 0.271 e. The van der Waals surface area contributed by atoms with Crippen molar-refractivity contribution in [2.24, 2.45) is 0 Å². The number of aromatic nitrogens is 4. The second-order valence-electron chi connectivity index (χ2n) is 5.22. The van der Waals surface area contributed by atoms with E-state index >= 15 is 0 Å². The van der Waals surface area contributed by atoms with Crippen LogP contribution in [0.15, 0.2) is 30.7 Å². The number of nitro benzene ring substituents is 1. The van der Waals surface area contributed by atoms with Crippen LogP contribution in [-0.2, 0) is 0 Å². The van der Waals surface area contributed by atoms with E-state index in [1.54, 1.807) is 28.3 Å². The Labute approximate surface area is 134 Å². The summed E-state index contributed by atoms with van der Waals surface area (Å²) in [6, 6.07) is 4.69. The molecule has 23 heavy (non-hydrogen) atoms. The summed E-state index contributed by atoms with van der Waals surface area (Å²) in [5, 5.41) is 17.2. The topological polar surface area (TPSA) is 86.7 Å². The third-order valence-corrected chi connectivity index (χ3v) is 5.03. The Hall–Kier alpha value is -2.87. The second-order valence-corrected chi connectivity index (χ2v) is 6.42. The van der Waals surface area contributed by atoms with Crippen molar-refractivity contribution in [3.05, 3.63) is 51.3 Å². The van der Waals surface area contributed by atoms with Gasteiger partial charge >= 0.3 is 0 Å². The van der Waals surface area contributed by atoms with Crippen LogP contribution in [0.1, 0.15) is 10.4 Å². The highest BCUT2D eigenvalue weighted by Crippen LogP contribution is 2.33. The zero-order valence-corrected chi connectivity index (χ0v) is 13.2. The molecule has 114 valence electrons. The summed E-state index contributed by atoms with van der Waals surface area (Å²) >= 11 is 1.60. The third kappa shape index (κ3) is 1.99. The number of hydrogen-bond donors (Lipinski definition) is 0. The van der Waals surface area contributed by atoms with Gasteiger partial charge in [0.2, 0.25) is 0 Å². The van der Waals surface area contributed by atoms with Gasteiger partial charge in [0.25, 0.3) is 5.69 Å². The molecule has 7 nitrogen and oxygen atoms in total. The standard InChI is InChI=1S/C15H11N5O2S/c1-8-9(2)23-15-13(8)14(16-7-17-15)19-12-5-11(20(21)22)4-3-10(12)6-18-19/h3-7H,1-2H3. The van der Waals surface area contributed by atoms with E-state index in [4.69, 9.17) is 0 Å². The number of rotatable bonds is 2. The van der Waals surface area contributed by atoms with E-state index in [1.807, 2.05) is 13.8 Å². The highest BCUT2D eigenvalue weighted by molar-refractivity contribution is 7.18. The average molecular weight is 325 g/mol. The Balaban J connectivity index is 2.06. The second kappa shape index (κ2) is 4.82. The third-order valence-electron chi connectivity index (χ3n) is 3.91. The van der Waals surface area contributed by atoms with Gasteiger partial charge in [-0.25, -0.2) is 14.6 Å². The molecule has 1 aromatic carbocycles. The highest BCUT2D eigenvalue weighted by atomic mass is 32.1. The van der Waals surface area contributed by atoms with Crippen molar-refractivity contribution in [3.8, 4) is 5.82 Å². The lowest BCUT2D eigenvalue weighted by molar-refractivity contribution is -0.384. The van der Waals surface area contributed by atoms with E-state index in [0.717, 1.165) is 21.2 Å². The van der Waals surface area contributed by atoms with E-state index in [2.05, 4.69) is 15.1 Å². The first-order valence-corrected chi connectivity index (χ1v) is 7.71. The number of aryl methyl sites for hydroxylation is 2. The summed E-state index contributed by atoms with van der Waals surface area (Å²) in [7, 11) is 0. The molecule has 3 aromatic heterocycles. The molecule has 0 unspecified atom stereocenters. The van der Waals surface area contributed by atoms with Crippen molar-refractivity contribution in [2.75, 3.05) is 0 Å². The molecule has 4 aromatic rings. The van der Waals surface area contributed by atoms with Gasteiger partial charge in [0, 0.05) is 22.4 Å². The van der Waals surface area contributed by atoms with E-state index in [0.29, 0.717) is 11.3 Å². The van der Waals surface area contributed by atoms with Crippen LogP contribution in [0, 0.1) is 24.0 Å². The molecule has 4 rings (SSSR count). The molecule has 0 aliphatic carbocycles. The van der Waals surface area contributed by atoms with Gasteiger partial charge in [-0.15, -0.1) is 11.3 Å². The molecule has 0 saturated heterocycles. The van der Waals surface area contributed by atoms with Crippen molar-refractivity contribution in [2.45, 2.75) is 13.8 Å². The van der Waals surface area contributed by atoms with Crippen LogP contribution in [0.5, 0.6) is 0 Å². The molecule has 0 radical (unpaired) electrons. The van der Waals surface area contributed by atoms with Gasteiger partial charge in [-0.2, -0.15) is 5.10 Å². The first-order valence-electron chi connectivity index (χ1n) is 6.89. The fraction of sp³-hybridized carbons (Fsp3) is 0.133. The zero-order chi connectivity index (χ0) is 16.1. The molecule has 0 spiro atoms. The fourth-order valence-electron chi connectivity index (χ4n) is 2.61. The Morgan fingerprint density at radius 3 is 2.87 bits per heavy atom. The van der Waals surface area contributed by atoms with Gasteiger partial charge in [0.1, 0.15) is 11.2 Å². The largest absolute Gasteiger partial charge is 0.271 e. The van der Waals surface area contributed by atoms with Crippen LogP contribution in [0.2, 0.25) is 0 Å². The Bertz CT molecular complexity index is 1080. The lowest BCUT2D eigenvalue weighted by Crippen LogP contribution is -2.01. The summed E-state index contributed by atoms with van der Waals surface area (Å²) in [6.07, 6.45) is 3.18. The lowest BCUT2D eigenvalue weighted by atomic mass is 10.2. The Morgan fingerprint density at radius 2 is 2.09 bits per heavy atom.